The van der Waals surface area contributed by atoms with Crippen LogP contribution in [0.2, 0.25) is 5.15 Å². The Hall–Kier alpha value is -1.62. The van der Waals surface area contributed by atoms with E-state index in [4.69, 9.17) is 11.6 Å². The summed E-state index contributed by atoms with van der Waals surface area (Å²) in [7, 11) is 0. The number of anilines is 1. The number of amides is 2. The van der Waals surface area contributed by atoms with Crippen LogP contribution in [-0.4, -0.2) is 23.3 Å². The number of nitrogens with one attached hydrogen (secondary N) is 2. The topological polar surface area (TPSA) is 71.1 Å². The number of nitrogens with zero attached hydrogens (tertiary/aromatic N) is 1. The highest BCUT2D eigenvalue weighted by molar-refractivity contribution is 6.29. The molecule has 1 saturated heterocycles. The van der Waals surface area contributed by atoms with Crippen LogP contribution in [0, 0.1) is 5.92 Å². The molecule has 6 heteroatoms. The van der Waals surface area contributed by atoms with Gasteiger partial charge in [-0.05, 0) is 12.1 Å². The van der Waals surface area contributed by atoms with Gasteiger partial charge in [-0.1, -0.05) is 17.7 Å². The van der Waals surface area contributed by atoms with Gasteiger partial charge in [0.15, 0.2) is 0 Å². The summed E-state index contributed by atoms with van der Waals surface area (Å²) in [5.74, 6) is -0.238. The molecule has 5 nitrogen and oxygen atoms in total. The molecule has 0 radical (unpaired) electrons. The highest BCUT2D eigenvalue weighted by Crippen LogP contribution is 2.14. The molecule has 2 rings (SSSR count). The van der Waals surface area contributed by atoms with Crippen molar-refractivity contribution in [3.8, 4) is 0 Å². The molecule has 16 heavy (non-hydrogen) atoms. The number of carbonyl (C=O) groups is 2. The molecule has 1 fully saturated rings. The van der Waals surface area contributed by atoms with Gasteiger partial charge in [0.1, 0.15) is 11.0 Å². The largest absolute Gasteiger partial charge is 0.355 e. The zero-order valence-electron chi connectivity index (χ0n) is 8.37. The van der Waals surface area contributed by atoms with Crippen LogP contribution in [-0.2, 0) is 9.59 Å². The van der Waals surface area contributed by atoms with Gasteiger partial charge in [0.25, 0.3) is 0 Å². The number of aromatic nitrogens is 1. The second-order valence-electron chi connectivity index (χ2n) is 3.54. The fraction of sp³-hybridized carbons (Fsp3) is 0.300. The van der Waals surface area contributed by atoms with Gasteiger partial charge < -0.3 is 10.6 Å². The molecular formula is C10H10ClN3O2. The van der Waals surface area contributed by atoms with E-state index in [9.17, 15) is 9.59 Å². The van der Waals surface area contributed by atoms with E-state index in [2.05, 4.69) is 15.6 Å². The van der Waals surface area contributed by atoms with Crippen molar-refractivity contribution in [3.05, 3.63) is 23.4 Å². The van der Waals surface area contributed by atoms with Gasteiger partial charge in [-0.2, -0.15) is 0 Å². The van der Waals surface area contributed by atoms with Crippen LogP contribution in [0.5, 0.6) is 0 Å². The maximum atomic E-state index is 11.7. The summed E-state index contributed by atoms with van der Waals surface area (Å²) in [6.45, 7) is 0.380. The van der Waals surface area contributed by atoms with Crippen molar-refractivity contribution < 1.29 is 9.59 Å². The van der Waals surface area contributed by atoms with E-state index in [0.717, 1.165) is 0 Å². The van der Waals surface area contributed by atoms with Crippen molar-refractivity contribution in [1.82, 2.24) is 10.3 Å². The van der Waals surface area contributed by atoms with Crippen LogP contribution in [0.15, 0.2) is 18.2 Å². The SMILES string of the molecule is O=C1CC(C(=O)Nc2cccc(Cl)n2)CN1. The highest BCUT2D eigenvalue weighted by Gasteiger charge is 2.27. The second-order valence-corrected chi connectivity index (χ2v) is 3.93. The molecule has 1 aliphatic heterocycles. The lowest BCUT2D eigenvalue weighted by molar-refractivity contribution is -0.123. The molecule has 0 aromatic carbocycles. The van der Waals surface area contributed by atoms with Crippen LogP contribution < -0.4 is 10.6 Å². The molecule has 0 spiro atoms. The van der Waals surface area contributed by atoms with Gasteiger partial charge in [0.2, 0.25) is 11.8 Å². The Morgan fingerprint density at radius 1 is 1.56 bits per heavy atom. The van der Waals surface area contributed by atoms with Crippen LogP contribution in [0.4, 0.5) is 5.82 Å². The summed E-state index contributed by atoms with van der Waals surface area (Å²) in [6.07, 6.45) is 0.229. The quantitative estimate of drug-likeness (QED) is 0.751. The third kappa shape index (κ3) is 2.49. The predicted octanol–water partition coefficient (Wildman–Crippen LogP) is 0.810. The first-order valence-corrected chi connectivity index (χ1v) is 5.23. The first-order chi connectivity index (χ1) is 7.65. The first kappa shape index (κ1) is 10.9. The molecule has 0 bridgehead atoms. The monoisotopic (exact) mass is 239 g/mol. The summed E-state index contributed by atoms with van der Waals surface area (Å²) in [5.41, 5.74) is 0. The van der Waals surface area contributed by atoms with Crippen molar-refractivity contribution >= 4 is 29.2 Å². The minimum absolute atomic E-state index is 0.0980. The van der Waals surface area contributed by atoms with Gasteiger partial charge >= 0.3 is 0 Å². The van der Waals surface area contributed by atoms with Gasteiger partial charge in [-0.3, -0.25) is 9.59 Å². The van der Waals surface area contributed by atoms with Crippen LogP contribution >= 0.6 is 11.6 Å². The molecule has 2 heterocycles. The average molecular weight is 240 g/mol. The minimum Gasteiger partial charge on any atom is -0.355 e. The standard InChI is InChI=1S/C10H10ClN3O2/c11-7-2-1-3-8(13-7)14-10(16)6-4-9(15)12-5-6/h1-3,6H,4-5H2,(H,12,15)(H,13,14,16). The minimum atomic E-state index is -0.326. The normalized spacial score (nSPS) is 19.3. The predicted molar refractivity (Wildman–Crippen MR) is 59.0 cm³/mol. The number of hydrogen-bond donors (Lipinski definition) is 2. The van der Waals surface area contributed by atoms with Crippen LogP contribution in [0.1, 0.15) is 6.42 Å². The van der Waals surface area contributed by atoms with E-state index in [0.29, 0.717) is 17.5 Å². The van der Waals surface area contributed by atoms with Gasteiger partial charge in [-0.15, -0.1) is 0 Å². The Labute approximate surface area is 97.2 Å². The van der Waals surface area contributed by atoms with Crippen molar-refractivity contribution in [3.63, 3.8) is 0 Å². The van der Waals surface area contributed by atoms with Crippen molar-refractivity contribution in [2.24, 2.45) is 5.92 Å². The molecule has 1 aliphatic rings. The van der Waals surface area contributed by atoms with Crippen molar-refractivity contribution in [1.29, 1.82) is 0 Å². The fourth-order valence-electron chi connectivity index (χ4n) is 1.50. The number of carbonyl (C=O) groups excluding carboxylic acids is 2. The number of pyridine rings is 1. The number of hydrogen-bond acceptors (Lipinski definition) is 3. The Morgan fingerprint density at radius 3 is 3.00 bits per heavy atom. The van der Waals surface area contributed by atoms with Gasteiger partial charge in [0, 0.05) is 13.0 Å². The third-order valence-corrected chi connectivity index (χ3v) is 2.53. The molecule has 1 atom stereocenters. The fourth-order valence-corrected chi connectivity index (χ4v) is 1.66. The molecule has 0 saturated carbocycles. The van der Waals surface area contributed by atoms with E-state index in [1.54, 1.807) is 18.2 Å². The molecular weight excluding hydrogens is 230 g/mol. The zero-order chi connectivity index (χ0) is 11.5. The molecule has 2 amide bonds. The molecule has 1 aromatic heterocycles. The Morgan fingerprint density at radius 2 is 2.38 bits per heavy atom. The lowest BCUT2D eigenvalue weighted by Crippen LogP contribution is -2.25. The van der Waals surface area contributed by atoms with E-state index in [-0.39, 0.29) is 24.2 Å². The zero-order valence-corrected chi connectivity index (χ0v) is 9.12. The molecule has 0 aliphatic carbocycles. The summed E-state index contributed by atoms with van der Waals surface area (Å²) in [6, 6.07) is 4.97. The molecule has 1 unspecified atom stereocenters. The van der Waals surface area contributed by atoms with Gasteiger partial charge in [-0.25, -0.2) is 4.98 Å². The lowest BCUT2D eigenvalue weighted by Gasteiger charge is -2.08. The maximum absolute atomic E-state index is 11.7. The van der Waals surface area contributed by atoms with Gasteiger partial charge in [0.05, 0.1) is 5.92 Å². The van der Waals surface area contributed by atoms with Crippen molar-refractivity contribution in [2.45, 2.75) is 6.42 Å². The number of halogens is 1. The Kier molecular flexibility index (Phi) is 3.05. The summed E-state index contributed by atoms with van der Waals surface area (Å²) < 4.78 is 0. The van der Waals surface area contributed by atoms with E-state index in [1.165, 1.54) is 0 Å². The Bertz CT molecular complexity index is 436. The maximum Gasteiger partial charge on any atom is 0.230 e. The smallest absolute Gasteiger partial charge is 0.230 e. The molecule has 84 valence electrons. The second kappa shape index (κ2) is 4.49. The summed E-state index contributed by atoms with van der Waals surface area (Å²) in [5, 5.41) is 5.54. The summed E-state index contributed by atoms with van der Waals surface area (Å²) >= 11 is 5.68. The van der Waals surface area contributed by atoms with E-state index < -0.39 is 0 Å². The Balaban J connectivity index is 1.99. The van der Waals surface area contributed by atoms with Crippen LogP contribution in [0.3, 0.4) is 0 Å². The van der Waals surface area contributed by atoms with E-state index in [1.807, 2.05) is 0 Å². The molecule has 1 aromatic rings. The van der Waals surface area contributed by atoms with E-state index >= 15 is 0 Å². The lowest BCUT2D eigenvalue weighted by atomic mass is 10.1. The third-order valence-electron chi connectivity index (χ3n) is 2.31. The van der Waals surface area contributed by atoms with Crippen LogP contribution in [0.25, 0.3) is 0 Å². The van der Waals surface area contributed by atoms with Crippen molar-refractivity contribution in [2.75, 3.05) is 11.9 Å². The first-order valence-electron chi connectivity index (χ1n) is 4.85. The molecule has 2 N–H and O–H groups in total. The highest BCUT2D eigenvalue weighted by atomic mass is 35.5. The average Bonchev–Trinajstić information content (AvgIpc) is 2.65. The summed E-state index contributed by atoms with van der Waals surface area (Å²) in [4.78, 5) is 26.6. The number of rotatable bonds is 2.